The molecule has 1 aliphatic heterocycles. The first-order valence-electron chi connectivity index (χ1n) is 5.90. The minimum absolute atomic E-state index is 0.0219. The van der Waals surface area contributed by atoms with E-state index in [1.54, 1.807) is 11.3 Å². The molecule has 0 aliphatic carbocycles. The zero-order chi connectivity index (χ0) is 11.4. The molecule has 0 saturated carbocycles. The van der Waals surface area contributed by atoms with Gasteiger partial charge in [-0.3, -0.25) is 4.79 Å². The van der Waals surface area contributed by atoms with Gasteiger partial charge in [0.1, 0.15) is 0 Å². The van der Waals surface area contributed by atoms with Gasteiger partial charge in [-0.25, -0.2) is 0 Å². The van der Waals surface area contributed by atoms with Gasteiger partial charge in [-0.1, -0.05) is 6.92 Å². The van der Waals surface area contributed by atoms with Crippen LogP contribution in [0.25, 0.3) is 0 Å². The SMILES string of the molecule is CCCNC1CCCN(c2ccsc2)C1=O. The summed E-state index contributed by atoms with van der Waals surface area (Å²) in [7, 11) is 0. The summed E-state index contributed by atoms with van der Waals surface area (Å²) in [6.45, 7) is 3.91. The van der Waals surface area contributed by atoms with Crippen LogP contribution in [0.15, 0.2) is 16.8 Å². The Hall–Kier alpha value is -0.870. The fourth-order valence-corrected chi connectivity index (χ4v) is 2.69. The van der Waals surface area contributed by atoms with E-state index in [2.05, 4.69) is 12.2 Å². The summed E-state index contributed by atoms with van der Waals surface area (Å²) in [6, 6.07) is 2.04. The third-order valence-electron chi connectivity index (χ3n) is 2.90. The minimum atomic E-state index is 0.0219. The van der Waals surface area contributed by atoms with Crippen LogP contribution < -0.4 is 10.2 Å². The van der Waals surface area contributed by atoms with Gasteiger partial charge < -0.3 is 10.2 Å². The van der Waals surface area contributed by atoms with E-state index in [4.69, 9.17) is 0 Å². The van der Waals surface area contributed by atoms with Crippen LogP contribution >= 0.6 is 11.3 Å². The van der Waals surface area contributed by atoms with Gasteiger partial charge in [0.2, 0.25) is 5.91 Å². The monoisotopic (exact) mass is 238 g/mol. The van der Waals surface area contributed by atoms with Crippen molar-refractivity contribution < 1.29 is 4.79 Å². The average Bonchev–Trinajstić information content (AvgIpc) is 2.81. The maximum absolute atomic E-state index is 12.2. The Labute approximate surface area is 100 Å². The fraction of sp³-hybridized carbons (Fsp3) is 0.583. The number of rotatable bonds is 4. The first-order chi connectivity index (χ1) is 7.83. The Morgan fingerprint density at radius 1 is 1.62 bits per heavy atom. The van der Waals surface area contributed by atoms with Gasteiger partial charge in [0.05, 0.1) is 11.7 Å². The van der Waals surface area contributed by atoms with Gasteiger partial charge in [0.15, 0.2) is 0 Å². The van der Waals surface area contributed by atoms with E-state index in [1.807, 2.05) is 21.7 Å². The third-order valence-corrected chi connectivity index (χ3v) is 3.57. The average molecular weight is 238 g/mol. The Balaban J connectivity index is 2.02. The van der Waals surface area contributed by atoms with Crippen molar-refractivity contribution in [3.63, 3.8) is 0 Å². The number of nitrogens with zero attached hydrogens (tertiary/aromatic N) is 1. The Kier molecular flexibility index (Phi) is 3.96. The number of thiophene rings is 1. The van der Waals surface area contributed by atoms with Crippen molar-refractivity contribution in [3.05, 3.63) is 16.8 Å². The van der Waals surface area contributed by atoms with Crippen molar-refractivity contribution in [3.8, 4) is 0 Å². The molecule has 4 heteroatoms. The van der Waals surface area contributed by atoms with E-state index in [-0.39, 0.29) is 11.9 Å². The molecule has 3 nitrogen and oxygen atoms in total. The van der Waals surface area contributed by atoms with Gasteiger partial charge >= 0.3 is 0 Å². The van der Waals surface area contributed by atoms with Crippen molar-refractivity contribution in [2.24, 2.45) is 0 Å². The molecule has 16 heavy (non-hydrogen) atoms. The van der Waals surface area contributed by atoms with Crippen LogP contribution in [0.3, 0.4) is 0 Å². The summed E-state index contributed by atoms with van der Waals surface area (Å²) < 4.78 is 0. The second kappa shape index (κ2) is 5.46. The zero-order valence-corrected chi connectivity index (χ0v) is 10.4. The largest absolute Gasteiger partial charge is 0.310 e. The van der Waals surface area contributed by atoms with Gasteiger partial charge in [0, 0.05) is 11.9 Å². The first kappa shape index (κ1) is 11.6. The molecule has 1 amide bonds. The van der Waals surface area contributed by atoms with E-state index < -0.39 is 0 Å². The molecule has 1 saturated heterocycles. The number of amides is 1. The van der Waals surface area contributed by atoms with Crippen molar-refractivity contribution in [1.82, 2.24) is 5.32 Å². The lowest BCUT2D eigenvalue weighted by atomic mass is 10.0. The molecule has 1 aromatic heterocycles. The lowest BCUT2D eigenvalue weighted by molar-refractivity contribution is -0.121. The highest BCUT2D eigenvalue weighted by Gasteiger charge is 2.28. The molecule has 88 valence electrons. The molecule has 0 spiro atoms. The molecule has 1 fully saturated rings. The first-order valence-corrected chi connectivity index (χ1v) is 6.84. The lowest BCUT2D eigenvalue weighted by Gasteiger charge is -2.32. The maximum atomic E-state index is 12.2. The summed E-state index contributed by atoms with van der Waals surface area (Å²) in [5.74, 6) is 0.234. The van der Waals surface area contributed by atoms with Crippen LogP contribution in [0.2, 0.25) is 0 Å². The normalized spacial score (nSPS) is 21.4. The van der Waals surface area contributed by atoms with Gasteiger partial charge in [-0.15, -0.1) is 0 Å². The molecule has 0 radical (unpaired) electrons. The van der Waals surface area contributed by atoms with Gasteiger partial charge in [0.25, 0.3) is 0 Å². The second-order valence-corrected chi connectivity index (χ2v) is 4.90. The highest BCUT2D eigenvalue weighted by Crippen LogP contribution is 2.23. The highest BCUT2D eigenvalue weighted by molar-refractivity contribution is 7.08. The molecule has 0 aromatic carbocycles. The molecule has 1 aromatic rings. The fourth-order valence-electron chi connectivity index (χ4n) is 2.05. The van der Waals surface area contributed by atoms with Crippen LogP contribution in [0.1, 0.15) is 26.2 Å². The Morgan fingerprint density at radius 2 is 2.50 bits per heavy atom. The van der Waals surface area contributed by atoms with E-state index in [0.717, 1.165) is 38.0 Å². The lowest BCUT2D eigenvalue weighted by Crippen LogP contribution is -2.50. The molecule has 1 unspecified atom stereocenters. The number of anilines is 1. The molecule has 2 heterocycles. The zero-order valence-electron chi connectivity index (χ0n) is 9.61. The predicted octanol–water partition coefficient (Wildman–Crippen LogP) is 2.24. The minimum Gasteiger partial charge on any atom is -0.310 e. The van der Waals surface area contributed by atoms with E-state index >= 15 is 0 Å². The van der Waals surface area contributed by atoms with Crippen LogP contribution in [0.5, 0.6) is 0 Å². The third kappa shape index (κ3) is 2.44. The van der Waals surface area contributed by atoms with E-state index in [9.17, 15) is 4.79 Å². The molecular weight excluding hydrogens is 220 g/mol. The number of hydrogen-bond donors (Lipinski definition) is 1. The summed E-state index contributed by atoms with van der Waals surface area (Å²) in [4.78, 5) is 14.1. The Bertz CT molecular complexity index is 337. The summed E-state index contributed by atoms with van der Waals surface area (Å²) in [6.07, 6.45) is 3.13. The smallest absolute Gasteiger partial charge is 0.244 e. The summed E-state index contributed by atoms with van der Waals surface area (Å²) in [5, 5.41) is 7.39. The van der Waals surface area contributed by atoms with Crippen molar-refractivity contribution >= 4 is 22.9 Å². The standard InChI is InChI=1S/C12H18N2OS/c1-2-6-13-11-4-3-7-14(12(11)15)10-5-8-16-9-10/h5,8-9,11,13H,2-4,6-7H2,1H3. The van der Waals surface area contributed by atoms with Crippen LogP contribution in [0.4, 0.5) is 5.69 Å². The Morgan fingerprint density at radius 3 is 3.19 bits per heavy atom. The van der Waals surface area contributed by atoms with Crippen LogP contribution in [-0.2, 0) is 4.79 Å². The molecule has 2 rings (SSSR count). The summed E-state index contributed by atoms with van der Waals surface area (Å²) >= 11 is 1.64. The topological polar surface area (TPSA) is 32.3 Å². The van der Waals surface area contributed by atoms with E-state index in [0.29, 0.717) is 0 Å². The molecule has 1 aliphatic rings. The number of piperidine rings is 1. The quantitative estimate of drug-likeness (QED) is 0.872. The maximum Gasteiger partial charge on any atom is 0.244 e. The van der Waals surface area contributed by atoms with Gasteiger partial charge in [-0.2, -0.15) is 11.3 Å². The highest BCUT2D eigenvalue weighted by atomic mass is 32.1. The van der Waals surface area contributed by atoms with Crippen LogP contribution in [-0.4, -0.2) is 25.0 Å². The number of carbonyl (C=O) groups excluding carboxylic acids is 1. The van der Waals surface area contributed by atoms with Crippen molar-refractivity contribution in [1.29, 1.82) is 0 Å². The molecule has 1 N–H and O–H groups in total. The number of nitrogens with one attached hydrogen (secondary N) is 1. The number of carbonyl (C=O) groups is 1. The van der Waals surface area contributed by atoms with Gasteiger partial charge in [-0.05, 0) is 37.3 Å². The molecule has 0 bridgehead atoms. The van der Waals surface area contributed by atoms with Crippen molar-refractivity contribution in [2.75, 3.05) is 18.0 Å². The van der Waals surface area contributed by atoms with Crippen LogP contribution in [0, 0.1) is 0 Å². The number of hydrogen-bond acceptors (Lipinski definition) is 3. The second-order valence-electron chi connectivity index (χ2n) is 4.12. The van der Waals surface area contributed by atoms with E-state index in [1.165, 1.54) is 0 Å². The predicted molar refractivity (Wildman–Crippen MR) is 68.0 cm³/mol. The van der Waals surface area contributed by atoms with Crippen molar-refractivity contribution in [2.45, 2.75) is 32.2 Å². The summed E-state index contributed by atoms with van der Waals surface area (Å²) in [5.41, 5.74) is 1.05. The molecule has 1 atom stereocenters. The molecular formula is C12H18N2OS.